The maximum atomic E-state index is 14.5. The maximum absolute atomic E-state index is 14.5. The molecule has 278 valence electrons. The second kappa shape index (κ2) is 15.9. The van der Waals surface area contributed by atoms with Crippen molar-refractivity contribution in [1.29, 1.82) is 0 Å². The number of halogens is 1. The van der Waals surface area contributed by atoms with Crippen LogP contribution >= 0.6 is 0 Å². The van der Waals surface area contributed by atoms with Crippen LogP contribution < -0.4 is 10.2 Å². The van der Waals surface area contributed by atoms with Crippen LogP contribution in [0.25, 0.3) is 22.8 Å². The van der Waals surface area contributed by atoms with Gasteiger partial charge in [0.25, 0.3) is 30.4 Å². The molecule has 1 heterocycles. The summed E-state index contributed by atoms with van der Waals surface area (Å²) in [6, 6.07) is 14.8. The molecule has 4 aromatic rings. The molecule has 0 saturated heterocycles. The second-order valence-electron chi connectivity index (χ2n) is 10.7. The fourth-order valence-corrected chi connectivity index (χ4v) is 6.91. The van der Waals surface area contributed by atoms with Gasteiger partial charge in [0.15, 0.2) is 0 Å². The van der Waals surface area contributed by atoms with E-state index in [2.05, 4.69) is 43.7 Å². The summed E-state index contributed by atoms with van der Waals surface area (Å²) in [6.45, 7) is 7.20. The molecule has 53 heavy (non-hydrogen) atoms. The van der Waals surface area contributed by atoms with E-state index in [0.29, 0.717) is 5.69 Å². The molecule has 0 aliphatic carbocycles. The highest BCUT2D eigenvalue weighted by Crippen LogP contribution is 2.36. The molecule has 0 atom stereocenters. The Labute approximate surface area is 303 Å². The zero-order valence-electron chi connectivity index (χ0n) is 27.7. The number of aliphatic hydroxyl groups is 1. The summed E-state index contributed by atoms with van der Waals surface area (Å²) < 4.78 is 118. The molecule has 0 aliphatic heterocycles. The van der Waals surface area contributed by atoms with Crippen molar-refractivity contribution in [3.8, 4) is 0 Å². The van der Waals surface area contributed by atoms with Crippen LogP contribution in [0.15, 0.2) is 99.9 Å². The van der Waals surface area contributed by atoms with Crippen LogP contribution in [0.4, 0.5) is 33.3 Å². The van der Waals surface area contributed by atoms with Crippen molar-refractivity contribution >= 4 is 82.1 Å². The summed E-state index contributed by atoms with van der Waals surface area (Å²) in [4.78, 5) is 10.6. The van der Waals surface area contributed by atoms with Gasteiger partial charge in [-0.15, -0.1) is 0 Å². The van der Waals surface area contributed by atoms with E-state index in [1.165, 1.54) is 30.0 Å². The molecule has 0 aliphatic rings. The van der Waals surface area contributed by atoms with Crippen LogP contribution in [0, 0.1) is 6.08 Å². The molecule has 0 amide bonds. The zero-order chi connectivity index (χ0) is 39.3. The van der Waals surface area contributed by atoms with Crippen LogP contribution in [0.2, 0.25) is 0 Å². The molecule has 0 spiro atoms. The summed E-state index contributed by atoms with van der Waals surface area (Å²) in [5, 5.41) is 20.4. The molecule has 3 aromatic carbocycles. The zero-order valence-corrected chi connectivity index (χ0v) is 30.1. The molecule has 5 N–H and O–H groups in total. The summed E-state index contributed by atoms with van der Waals surface area (Å²) >= 11 is 0. The lowest BCUT2D eigenvalue weighted by atomic mass is 10.0. The minimum Gasteiger partial charge on any atom is -0.508 e. The Balaban J connectivity index is 1.75. The molecule has 0 unspecified atom stereocenters. The molecule has 1 aromatic heterocycles. The predicted octanol–water partition coefficient (Wildman–Crippen LogP) is 6.20. The van der Waals surface area contributed by atoms with Crippen molar-refractivity contribution in [1.82, 2.24) is 15.0 Å². The van der Waals surface area contributed by atoms with Crippen molar-refractivity contribution < 1.29 is 48.4 Å². The first-order chi connectivity index (χ1) is 24.7. The highest BCUT2D eigenvalue weighted by molar-refractivity contribution is 7.95. The van der Waals surface area contributed by atoms with Gasteiger partial charge in [0.2, 0.25) is 11.9 Å². The van der Waals surface area contributed by atoms with Crippen molar-refractivity contribution in [3.05, 3.63) is 113 Å². The Hall–Kier alpha value is -5.71. The van der Waals surface area contributed by atoms with Crippen molar-refractivity contribution in [2.45, 2.75) is 11.8 Å². The lowest BCUT2D eigenvalue weighted by Crippen LogP contribution is -2.15. The first-order valence-corrected chi connectivity index (χ1v) is 19.0. The van der Waals surface area contributed by atoms with Crippen LogP contribution in [0.1, 0.15) is 29.2 Å². The van der Waals surface area contributed by atoms with Gasteiger partial charge in [0.05, 0.1) is 16.4 Å². The van der Waals surface area contributed by atoms with Gasteiger partial charge in [-0.1, -0.05) is 49.6 Å². The molecule has 0 radical (unpaired) electrons. The van der Waals surface area contributed by atoms with E-state index in [1.54, 1.807) is 37.4 Å². The van der Waals surface area contributed by atoms with Gasteiger partial charge in [0, 0.05) is 35.1 Å². The first-order valence-electron chi connectivity index (χ1n) is 14.7. The van der Waals surface area contributed by atoms with E-state index in [-0.39, 0.29) is 34.3 Å². The molecule has 0 fully saturated rings. The quantitative estimate of drug-likeness (QED) is 0.0541. The van der Waals surface area contributed by atoms with E-state index in [4.69, 9.17) is 0 Å². The van der Waals surface area contributed by atoms with Crippen molar-refractivity contribution in [3.63, 3.8) is 0 Å². The van der Waals surface area contributed by atoms with Crippen molar-refractivity contribution in [2.75, 3.05) is 23.8 Å². The Morgan fingerprint density at radius 2 is 1.60 bits per heavy atom. The first kappa shape index (κ1) is 40.1. The van der Waals surface area contributed by atoms with Crippen LogP contribution in [0.3, 0.4) is 0 Å². The van der Waals surface area contributed by atoms with E-state index in [9.17, 15) is 48.4 Å². The molecule has 0 bridgehead atoms. The Morgan fingerprint density at radius 3 is 2.17 bits per heavy atom. The average Bonchev–Trinajstić information content (AvgIpc) is 3.06. The second-order valence-corrected chi connectivity index (χ2v) is 14.9. The van der Waals surface area contributed by atoms with E-state index in [1.807, 2.05) is 0 Å². The smallest absolute Gasteiger partial charge is 0.315 e. The third kappa shape index (κ3) is 9.79. The maximum Gasteiger partial charge on any atom is 0.315 e. The number of nitrogens with one attached hydrogen (secondary N) is 1. The third-order valence-electron chi connectivity index (χ3n) is 7.15. The summed E-state index contributed by atoms with van der Waals surface area (Å²) in [5.41, 5.74) is -0.724. The van der Waals surface area contributed by atoms with Gasteiger partial charge >= 0.3 is 6.08 Å². The number of para-hydroxylation sites is 1. The van der Waals surface area contributed by atoms with Gasteiger partial charge in [-0.3, -0.25) is 13.7 Å². The number of anilines is 4. The number of aliphatic hydroxyl groups excluding tert-OH is 1. The minimum absolute atomic E-state index is 0.0153. The van der Waals surface area contributed by atoms with E-state index < -0.39 is 74.7 Å². The van der Waals surface area contributed by atoms with Gasteiger partial charge < -0.3 is 15.3 Å². The van der Waals surface area contributed by atoms with E-state index >= 15 is 0 Å². The predicted molar refractivity (Wildman–Crippen MR) is 196 cm³/mol. The number of allylic oxidation sites excluding steroid dienone is 1. The largest absolute Gasteiger partial charge is 0.508 e. The Morgan fingerprint density at radius 1 is 0.943 bits per heavy atom. The highest BCUT2D eigenvalue weighted by atomic mass is 32.2. The highest BCUT2D eigenvalue weighted by Gasteiger charge is 2.27. The van der Waals surface area contributed by atoms with Crippen molar-refractivity contribution in [2.24, 2.45) is 10.2 Å². The summed E-state index contributed by atoms with van der Waals surface area (Å²) in [5.74, 6) is -0.821. The molecule has 0 saturated carbocycles. The standard InChI is InChI=1S/C32H30FN7O10S3/c1-5-24-26(28(6-2)52(45,46)47)14-15-27(29(24)53(48,49)50)39-34-18-23(51(42,43)44)17-20-16-21(12-13-25(20)19(3)41)35-31-36-30(33)37-32(38-31)40(4)22-10-8-7-9-11-22/h5-17,41H,1,3,18H2,2,4H3,(H,42,43,44)(H,45,46,47)(H,48,49,50)(H,35,36,37,38)/b23-17+,28-6+,39-34+. The van der Waals surface area contributed by atoms with Gasteiger partial charge in [0.1, 0.15) is 16.3 Å². The number of rotatable bonds is 14. The SMILES string of the molecule is C=Cc1c(/C(=C\C)S(=O)(=O)O)ccc(/N=N/C/C(=C\c2cc(Nc3nc(F)nc(N(C)c4ccccc4)n3)ccc2C(=C)O)S(=O)(=O)O)c1S(=O)(=O)O. The molecule has 21 heteroatoms. The number of azo groups is 1. The number of aromatic nitrogens is 3. The minimum atomic E-state index is -5.18. The Kier molecular flexibility index (Phi) is 12.0. The van der Waals surface area contributed by atoms with Crippen LogP contribution in [0.5, 0.6) is 0 Å². The number of hydrogen-bond acceptors (Lipinski definition) is 14. The normalized spacial score (nSPS) is 12.9. The van der Waals surface area contributed by atoms with Gasteiger partial charge in [-0.2, -0.15) is 54.8 Å². The molecular weight excluding hydrogens is 758 g/mol. The fourth-order valence-electron chi connectivity index (χ4n) is 4.82. The lowest BCUT2D eigenvalue weighted by Gasteiger charge is -2.17. The molecule has 17 nitrogen and oxygen atoms in total. The van der Waals surface area contributed by atoms with Crippen LogP contribution in [-0.2, 0) is 30.4 Å². The Bertz CT molecular complexity index is 2530. The monoisotopic (exact) mass is 787 g/mol. The summed E-state index contributed by atoms with van der Waals surface area (Å²) in [7, 11) is -13.5. The fraction of sp³-hybridized carbons (Fsp3) is 0.0938. The average molecular weight is 788 g/mol. The summed E-state index contributed by atoms with van der Waals surface area (Å²) in [6.07, 6.45) is 1.63. The van der Waals surface area contributed by atoms with Gasteiger partial charge in [-0.05, 0) is 55.0 Å². The van der Waals surface area contributed by atoms with Gasteiger partial charge in [-0.25, -0.2) is 0 Å². The van der Waals surface area contributed by atoms with Crippen LogP contribution in [-0.4, -0.2) is 72.6 Å². The third-order valence-corrected chi connectivity index (χ3v) is 10.0. The lowest BCUT2D eigenvalue weighted by molar-refractivity contribution is 0.482. The number of benzene rings is 3. The van der Waals surface area contributed by atoms with E-state index in [0.717, 1.165) is 30.4 Å². The molecular formula is C32H30FN7O10S3. The topological polar surface area (TPSA) is 262 Å². The molecule has 4 rings (SSSR count). The number of hydrogen-bond donors (Lipinski definition) is 5. The number of nitrogens with zero attached hydrogens (tertiary/aromatic N) is 6.